The summed E-state index contributed by atoms with van der Waals surface area (Å²) in [7, 11) is 0. The number of amides is 2. The molecule has 0 bridgehead atoms. The molecule has 1 N–H and O–H groups in total. The van der Waals surface area contributed by atoms with Gasteiger partial charge < -0.3 is 15.1 Å². The Morgan fingerprint density at radius 1 is 0.905 bits per heavy atom. The molecule has 0 atom stereocenters. The Morgan fingerprint density at radius 2 is 1.48 bits per heavy atom. The molecule has 0 radical (unpaired) electrons. The predicted molar refractivity (Wildman–Crippen MR) is 82.0 cm³/mol. The summed E-state index contributed by atoms with van der Waals surface area (Å²) in [6.07, 6.45) is 0.864. The van der Waals surface area contributed by atoms with Crippen LogP contribution in [0.5, 0.6) is 0 Å². The Balaban J connectivity index is 1.99. The number of hydrogen-bond acceptors (Lipinski definition) is 4. The topological polar surface area (TPSA) is 55.9 Å². The van der Waals surface area contributed by atoms with E-state index in [4.69, 9.17) is 0 Å². The van der Waals surface area contributed by atoms with E-state index in [1.54, 1.807) is 6.92 Å². The zero-order valence-electron chi connectivity index (χ0n) is 13.5. The maximum absolute atomic E-state index is 12.9. The van der Waals surface area contributed by atoms with Gasteiger partial charge in [0.1, 0.15) is 0 Å². The van der Waals surface area contributed by atoms with Gasteiger partial charge in [0.15, 0.2) is 0 Å². The van der Waals surface area contributed by atoms with Gasteiger partial charge in [-0.15, -0.1) is 0 Å². The van der Waals surface area contributed by atoms with Gasteiger partial charge in [-0.3, -0.25) is 14.5 Å². The quantitative estimate of drug-likeness (QED) is 0.763. The zero-order valence-corrected chi connectivity index (χ0v) is 13.5. The fourth-order valence-corrected chi connectivity index (χ4v) is 3.18. The molecule has 0 aromatic carbocycles. The van der Waals surface area contributed by atoms with Crippen molar-refractivity contribution in [3.8, 4) is 0 Å². The first-order valence-corrected chi connectivity index (χ1v) is 7.93. The highest BCUT2D eigenvalue weighted by Crippen LogP contribution is 2.19. The molecule has 0 aliphatic carbocycles. The standard InChI is InChI=1S/C15H28N4O2/c1-13(20)17-7-4-8-18(12-11-17)14(21)15(2,3)19-9-5-16-6-10-19/h16H,4-12H2,1-3H3. The molecule has 21 heavy (non-hydrogen) atoms. The first-order chi connectivity index (χ1) is 9.93. The second-order valence-corrected chi connectivity index (χ2v) is 6.45. The normalized spacial score (nSPS) is 22.0. The van der Waals surface area contributed by atoms with E-state index >= 15 is 0 Å². The van der Waals surface area contributed by atoms with E-state index in [1.807, 2.05) is 23.6 Å². The van der Waals surface area contributed by atoms with E-state index in [-0.39, 0.29) is 11.8 Å². The minimum absolute atomic E-state index is 0.102. The lowest BCUT2D eigenvalue weighted by atomic mass is 9.99. The molecule has 0 aromatic rings. The summed E-state index contributed by atoms with van der Waals surface area (Å²) in [5.41, 5.74) is -0.465. The molecule has 0 saturated carbocycles. The van der Waals surface area contributed by atoms with E-state index in [1.165, 1.54) is 0 Å². The Bertz CT molecular complexity index is 391. The molecular formula is C15H28N4O2. The SMILES string of the molecule is CC(=O)N1CCCN(C(=O)C(C)(C)N2CCNCC2)CC1. The number of piperazine rings is 1. The highest BCUT2D eigenvalue weighted by molar-refractivity contribution is 5.85. The van der Waals surface area contributed by atoms with Gasteiger partial charge in [-0.1, -0.05) is 0 Å². The molecule has 6 heteroatoms. The molecular weight excluding hydrogens is 268 g/mol. The van der Waals surface area contributed by atoms with Crippen molar-refractivity contribution < 1.29 is 9.59 Å². The first kappa shape index (κ1) is 16.2. The van der Waals surface area contributed by atoms with E-state index in [0.717, 1.165) is 45.7 Å². The van der Waals surface area contributed by atoms with Crippen LogP contribution >= 0.6 is 0 Å². The van der Waals surface area contributed by atoms with Crippen molar-refractivity contribution in [3.05, 3.63) is 0 Å². The van der Waals surface area contributed by atoms with Crippen LogP contribution in [0.1, 0.15) is 27.2 Å². The van der Waals surface area contributed by atoms with Crippen molar-refractivity contribution >= 4 is 11.8 Å². The minimum atomic E-state index is -0.465. The van der Waals surface area contributed by atoms with Crippen LogP contribution in [-0.2, 0) is 9.59 Å². The molecule has 0 unspecified atom stereocenters. The van der Waals surface area contributed by atoms with E-state index in [0.29, 0.717) is 13.1 Å². The fourth-order valence-electron chi connectivity index (χ4n) is 3.18. The molecule has 2 aliphatic rings. The predicted octanol–water partition coefficient (Wildman–Crippen LogP) is -0.249. The van der Waals surface area contributed by atoms with Gasteiger partial charge in [0.05, 0.1) is 5.54 Å². The Hall–Kier alpha value is -1.14. The monoisotopic (exact) mass is 296 g/mol. The molecule has 120 valence electrons. The van der Waals surface area contributed by atoms with Crippen LogP contribution in [0.4, 0.5) is 0 Å². The highest BCUT2D eigenvalue weighted by Gasteiger charge is 2.38. The molecule has 2 fully saturated rings. The number of carbonyl (C=O) groups excluding carboxylic acids is 2. The average molecular weight is 296 g/mol. The lowest BCUT2D eigenvalue weighted by molar-refractivity contribution is -0.143. The minimum Gasteiger partial charge on any atom is -0.341 e. The molecule has 0 spiro atoms. The maximum atomic E-state index is 12.9. The van der Waals surface area contributed by atoms with Gasteiger partial charge in [0.25, 0.3) is 0 Å². The highest BCUT2D eigenvalue weighted by atomic mass is 16.2. The molecule has 2 rings (SSSR count). The summed E-state index contributed by atoms with van der Waals surface area (Å²) >= 11 is 0. The van der Waals surface area contributed by atoms with Gasteiger partial charge in [0.2, 0.25) is 11.8 Å². The van der Waals surface area contributed by atoms with Crippen molar-refractivity contribution in [3.63, 3.8) is 0 Å². The lowest BCUT2D eigenvalue weighted by Crippen LogP contribution is -2.61. The summed E-state index contributed by atoms with van der Waals surface area (Å²) < 4.78 is 0. The van der Waals surface area contributed by atoms with Crippen LogP contribution in [0, 0.1) is 0 Å². The Kier molecular flexibility index (Phi) is 5.22. The lowest BCUT2D eigenvalue weighted by Gasteiger charge is -2.42. The van der Waals surface area contributed by atoms with Crippen LogP contribution in [-0.4, -0.2) is 84.4 Å². The van der Waals surface area contributed by atoms with E-state index in [9.17, 15) is 9.59 Å². The van der Waals surface area contributed by atoms with Gasteiger partial charge >= 0.3 is 0 Å². The van der Waals surface area contributed by atoms with Crippen LogP contribution in [0.3, 0.4) is 0 Å². The molecule has 2 saturated heterocycles. The third-order valence-electron chi connectivity index (χ3n) is 4.66. The largest absolute Gasteiger partial charge is 0.341 e. The summed E-state index contributed by atoms with van der Waals surface area (Å²) in [5.74, 6) is 0.292. The van der Waals surface area contributed by atoms with Crippen molar-refractivity contribution in [1.29, 1.82) is 0 Å². The summed E-state index contributed by atoms with van der Waals surface area (Å²) in [6.45, 7) is 12.1. The zero-order chi connectivity index (χ0) is 15.5. The average Bonchev–Trinajstić information content (AvgIpc) is 2.73. The van der Waals surface area contributed by atoms with Crippen molar-refractivity contribution in [2.45, 2.75) is 32.7 Å². The number of rotatable bonds is 2. The number of nitrogens with one attached hydrogen (secondary N) is 1. The van der Waals surface area contributed by atoms with Crippen LogP contribution in [0.2, 0.25) is 0 Å². The second-order valence-electron chi connectivity index (χ2n) is 6.45. The fraction of sp³-hybridized carbons (Fsp3) is 0.867. The number of hydrogen-bond donors (Lipinski definition) is 1. The van der Waals surface area contributed by atoms with Crippen LogP contribution in [0.15, 0.2) is 0 Å². The number of nitrogens with zero attached hydrogens (tertiary/aromatic N) is 3. The smallest absolute Gasteiger partial charge is 0.242 e. The van der Waals surface area contributed by atoms with E-state index < -0.39 is 5.54 Å². The third kappa shape index (κ3) is 3.74. The molecule has 0 aromatic heterocycles. The van der Waals surface area contributed by atoms with Crippen LogP contribution in [0.25, 0.3) is 0 Å². The third-order valence-corrected chi connectivity index (χ3v) is 4.66. The molecule has 2 amide bonds. The summed E-state index contributed by atoms with van der Waals surface area (Å²) in [5, 5.41) is 3.32. The summed E-state index contributed by atoms with van der Waals surface area (Å²) in [4.78, 5) is 30.4. The molecule has 2 heterocycles. The van der Waals surface area contributed by atoms with Crippen molar-refractivity contribution in [1.82, 2.24) is 20.0 Å². The molecule has 6 nitrogen and oxygen atoms in total. The molecule has 2 aliphatic heterocycles. The van der Waals surface area contributed by atoms with Crippen molar-refractivity contribution in [2.75, 3.05) is 52.4 Å². The maximum Gasteiger partial charge on any atom is 0.242 e. The second kappa shape index (κ2) is 6.75. The van der Waals surface area contributed by atoms with Crippen molar-refractivity contribution in [2.24, 2.45) is 0 Å². The van der Waals surface area contributed by atoms with Gasteiger partial charge in [0, 0.05) is 59.3 Å². The van der Waals surface area contributed by atoms with Gasteiger partial charge in [-0.25, -0.2) is 0 Å². The number of carbonyl (C=O) groups is 2. The Morgan fingerprint density at radius 3 is 2.10 bits per heavy atom. The van der Waals surface area contributed by atoms with Gasteiger partial charge in [-0.05, 0) is 20.3 Å². The van der Waals surface area contributed by atoms with E-state index in [2.05, 4.69) is 10.2 Å². The Labute approximate surface area is 127 Å². The van der Waals surface area contributed by atoms with Crippen LogP contribution < -0.4 is 5.32 Å². The van der Waals surface area contributed by atoms with Gasteiger partial charge in [-0.2, -0.15) is 0 Å². The first-order valence-electron chi connectivity index (χ1n) is 7.93. The summed E-state index contributed by atoms with van der Waals surface area (Å²) in [6, 6.07) is 0.